The molecule has 0 aromatic rings. The van der Waals surface area contributed by atoms with Crippen LogP contribution >= 0.6 is 0 Å². The van der Waals surface area contributed by atoms with E-state index < -0.39 is 12.0 Å². The van der Waals surface area contributed by atoms with Crippen molar-refractivity contribution in [3.05, 3.63) is 0 Å². The van der Waals surface area contributed by atoms with Crippen LogP contribution in [-0.2, 0) is 14.3 Å². The number of ether oxygens (including phenoxy) is 1. The molecule has 2 heterocycles. The molecule has 7 nitrogen and oxygen atoms in total. The number of rotatable bonds is 6. The van der Waals surface area contributed by atoms with Crippen molar-refractivity contribution in [3.8, 4) is 0 Å². The van der Waals surface area contributed by atoms with Crippen molar-refractivity contribution in [2.75, 3.05) is 45.9 Å². The molecule has 0 bridgehead atoms. The van der Waals surface area contributed by atoms with Gasteiger partial charge in [-0.1, -0.05) is 0 Å². The van der Waals surface area contributed by atoms with Crippen molar-refractivity contribution in [3.63, 3.8) is 0 Å². The second kappa shape index (κ2) is 7.72. The molecular weight excluding hydrogens is 274 g/mol. The van der Waals surface area contributed by atoms with E-state index in [-0.39, 0.29) is 12.0 Å². The molecule has 21 heavy (non-hydrogen) atoms. The molecule has 0 aromatic carbocycles. The maximum absolute atomic E-state index is 11.9. The Morgan fingerprint density at radius 1 is 1.33 bits per heavy atom. The summed E-state index contributed by atoms with van der Waals surface area (Å²) in [5.74, 6) is -0.775. The number of nitrogens with zero attached hydrogens (tertiary/aromatic N) is 2. The zero-order valence-electron chi connectivity index (χ0n) is 12.6. The maximum Gasteiger partial charge on any atom is 0.320 e. The SMILES string of the molecule is CC(C(=O)O)N1CCN(CC(=O)NCC2CCCO2)CC1. The molecule has 0 saturated carbocycles. The highest BCUT2D eigenvalue weighted by atomic mass is 16.5. The summed E-state index contributed by atoms with van der Waals surface area (Å²) in [6, 6.07) is -0.458. The lowest BCUT2D eigenvalue weighted by atomic mass is 10.2. The molecule has 2 unspecified atom stereocenters. The third-order valence-electron chi connectivity index (χ3n) is 4.23. The van der Waals surface area contributed by atoms with Crippen LogP contribution in [0.4, 0.5) is 0 Å². The number of amides is 1. The number of hydrogen-bond acceptors (Lipinski definition) is 5. The van der Waals surface area contributed by atoms with Gasteiger partial charge in [-0.25, -0.2) is 0 Å². The lowest BCUT2D eigenvalue weighted by molar-refractivity contribution is -0.143. The van der Waals surface area contributed by atoms with Crippen LogP contribution in [0.1, 0.15) is 19.8 Å². The molecule has 120 valence electrons. The fourth-order valence-corrected chi connectivity index (χ4v) is 2.76. The minimum absolute atomic E-state index is 0.0187. The number of carbonyl (C=O) groups excluding carboxylic acids is 1. The highest BCUT2D eigenvalue weighted by Gasteiger charge is 2.26. The summed E-state index contributed by atoms with van der Waals surface area (Å²) in [6.45, 7) is 6.29. The molecule has 0 radical (unpaired) electrons. The Morgan fingerprint density at radius 3 is 2.62 bits per heavy atom. The van der Waals surface area contributed by atoms with Gasteiger partial charge in [-0.3, -0.25) is 19.4 Å². The predicted octanol–water partition coefficient (Wildman–Crippen LogP) is -0.628. The van der Waals surface area contributed by atoms with Crippen molar-refractivity contribution in [2.24, 2.45) is 0 Å². The van der Waals surface area contributed by atoms with Gasteiger partial charge in [-0.15, -0.1) is 0 Å². The van der Waals surface area contributed by atoms with Crippen LogP contribution in [-0.4, -0.2) is 84.8 Å². The Labute approximate surface area is 125 Å². The first-order valence-electron chi connectivity index (χ1n) is 7.64. The van der Waals surface area contributed by atoms with E-state index in [9.17, 15) is 9.59 Å². The summed E-state index contributed by atoms with van der Waals surface area (Å²) < 4.78 is 5.47. The molecule has 0 aliphatic carbocycles. The number of carboxylic acids is 1. The van der Waals surface area contributed by atoms with Crippen LogP contribution in [0.3, 0.4) is 0 Å². The lowest BCUT2D eigenvalue weighted by Crippen LogP contribution is -2.53. The van der Waals surface area contributed by atoms with E-state index >= 15 is 0 Å². The average Bonchev–Trinajstić information content (AvgIpc) is 2.98. The van der Waals surface area contributed by atoms with Crippen molar-refractivity contribution in [1.29, 1.82) is 0 Å². The summed E-state index contributed by atoms with van der Waals surface area (Å²) in [4.78, 5) is 26.8. The molecule has 2 rings (SSSR count). The first-order chi connectivity index (χ1) is 10.1. The summed E-state index contributed by atoms with van der Waals surface area (Å²) in [5, 5.41) is 11.9. The van der Waals surface area contributed by atoms with Crippen LogP contribution in [0, 0.1) is 0 Å². The highest BCUT2D eigenvalue weighted by molar-refractivity contribution is 5.78. The molecule has 1 amide bonds. The van der Waals surface area contributed by atoms with Crippen molar-refractivity contribution >= 4 is 11.9 Å². The molecule has 2 aliphatic heterocycles. The zero-order valence-corrected chi connectivity index (χ0v) is 12.6. The molecule has 2 saturated heterocycles. The van der Waals surface area contributed by atoms with Gasteiger partial charge in [0.15, 0.2) is 0 Å². The fourth-order valence-electron chi connectivity index (χ4n) is 2.76. The monoisotopic (exact) mass is 299 g/mol. The maximum atomic E-state index is 11.9. The summed E-state index contributed by atoms with van der Waals surface area (Å²) >= 11 is 0. The quantitative estimate of drug-likeness (QED) is 0.680. The summed E-state index contributed by atoms with van der Waals surface area (Å²) in [5.41, 5.74) is 0. The normalized spacial score (nSPS) is 25.7. The van der Waals surface area contributed by atoms with E-state index in [1.807, 2.05) is 4.90 Å². The second-order valence-corrected chi connectivity index (χ2v) is 5.77. The van der Waals surface area contributed by atoms with Gasteiger partial charge in [-0.2, -0.15) is 0 Å². The highest BCUT2D eigenvalue weighted by Crippen LogP contribution is 2.10. The van der Waals surface area contributed by atoms with Gasteiger partial charge in [0.05, 0.1) is 12.6 Å². The largest absolute Gasteiger partial charge is 0.480 e. The first kappa shape index (κ1) is 16.2. The third kappa shape index (κ3) is 4.94. The molecule has 2 aliphatic rings. The average molecular weight is 299 g/mol. The van der Waals surface area contributed by atoms with E-state index in [1.165, 1.54) is 0 Å². The Hall–Kier alpha value is -1.18. The molecule has 2 N–H and O–H groups in total. The standard InChI is InChI=1S/C14H25N3O4/c1-11(14(19)20)17-6-4-16(5-7-17)10-13(18)15-9-12-3-2-8-21-12/h11-12H,2-10H2,1H3,(H,15,18)(H,19,20). The van der Waals surface area contributed by atoms with Gasteiger partial charge in [0.25, 0.3) is 0 Å². The third-order valence-corrected chi connectivity index (χ3v) is 4.23. The summed E-state index contributed by atoms with van der Waals surface area (Å²) in [6.07, 6.45) is 2.26. The Balaban J connectivity index is 1.63. The second-order valence-electron chi connectivity index (χ2n) is 5.77. The molecular formula is C14H25N3O4. The predicted molar refractivity (Wildman–Crippen MR) is 77.1 cm³/mol. The van der Waals surface area contributed by atoms with Gasteiger partial charge in [-0.05, 0) is 19.8 Å². The van der Waals surface area contributed by atoms with Crippen molar-refractivity contribution in [1.82, 2.24) is 15.1 Å². The minimum atomic E-state index is -0.794. The van der Waals surface area contributed by atoms with E-state index in [0.717, 1.165) is 32.5 Å². The molecule has 7 heteroatoms. The van der Waals surface area contributed by atoms with Gasteiger partial charge in [0, 0.05) is 39.3 Å². The molecule has 2 atom stereocenters. The number of piperazine rings is 1. The Morgan fingerprint density at radius 2 is 2.05 bits per heavy atom. The van der Waals surface area contributed by atoms with Crippen molar-refractivity contribution in [2.45, 2.75) is 31.9 Å². The van der Waals surface area contributed by atoms with Gasteiger partial charge in [0.1, 0.15) is 6.04 Å². The van der Waals surface area contributed by atoms with Gasteiger partial charge in [0.2, 0.25) is 5.91 Å². The fraction of sp³-hybridized carbons (Fsp3) is 0.857. The first-order valence-corrected chi connectivity index (χ1v) is 7.64. The zero-order chi connectivity index (χ0) is 15.2. The Kier molecular flexibility index (Phi) is 5.96. The smallest absolute Gasteiger partial charge is 0.320 e. The molecule has 0 spiro atoms. The van der Waals surface area contributed by atoms with Crippen LogP contribution < -0.4 is 5.32 Å². The van der Waals surface area contributed by atoms with E-state index in [4.69, 9.17) is 9.84 Å². The summed E-state index contributed by atoms with van der Waals surface area (Å²) in [7, 11) is 0. The number of carbonyl (C=O) groups is 2. The number of nitrogens with one attached hydrogen (secondary N) is 1. The molecule has 2 fully saturated rings. The molecule has 0 aromatic heterocycles. The number of aliphatic carboxylic acids is 1. The topological polar surface area (TPSA) is 82.1 Å². The Bertz CT molecular complexity index is 363. The number of carboxylic acid groups (broad SMARTS) is 1. The van der Waals surface area contributed by atoms with Crippen LogP contribution in [0.5, 0.6) is 0 Å². The lowest BCUT2D eigenvalue weighted by Gasteiger charge is -2.36. The number of hydrogen-bond donors (Lipinski definition) is 2. The van der Waals surface area contributed by atoms with E-state index in [2.05, 4.69) is 10.2 Å². The van der Waals surface area contributed by atoms with Crippen LogP contribution in [0.25, 0.3) is 0 Å². The van der Waals surface area contributed by atoms with Gasteiger partial charge >= 0.3 is 5.97 Å². The van der Waals surface area contributed by atoms with Gasteiger partial charge < -0.3 is 15.2 Å². The van der Waals surface area contributed by atoms with Crippen LogP contribution in [0.2, 0.25) is 0 Å². The van der Waals surface area contributed by atoms with Crippen LogP contribution in [0.15, 0.2) is 0 Å². The minimum Gasteiger partial charge on any atom is -0.480 e. The van der Waals surface area contributed by atoms with Crippen molar-refractivity contribution < 1.29 is 19.4 Å². The van der Waals surface area contributed by atoms with E-state index in [0.29, 0.717) is 26.2 Å². The van der Waals surface area contributed by atoms with E-state index in [1.54, 1.807) is 6.92 Å².